The Morgan fingerprint density at radius 3 is 2.48 bits per heavy atom. The lowest BCUT2D eigenvalue weighted by molar-refractivity contribution is -0.137. The van der Waals surface area contributed by atoms with Gasteiger partial charge in [0.2, 0.25) is 0 Å². The Kier molecular flexibility index (Phi) is 6.12. The largest absolute Gasteiger partial charge is 0.484 e. The summed E-state index contributed by atoms with van der Waals surface area (Å²) in [5.41, 5.74) is 0.632. The molecule has 1 saturated heterocycles. The van der Waals surface area contributed by atoms with Crippen LogP contribution in [0.4, 0.5) is 0 Å². The zero-order valence-corrected chi connectivity index (χ0v) is 13.5. The first-order valence-electron chi connectivity index (χ1n) is 7.88. The second-order valence-corrected chi connectivity index (χ2v) is 5.44. The van der Waals surface area contributed by atoms with E-state index >= 15 is 0 Å². The highest BCUT2D eigenvalue weighted by molar-refractivity contribution is 5.95. The van der Waals surface area contributed by atoms with Crippen molar-refractivity contribution in [2.75, 3.05) is 26.4 Å². The summed E-state index contributed by atoms with van der Waals surface area (Å²) in [6, 6.07) is 6.43. The van der Waals surface area contributed by atoms with E-state index in [-0.39, 0.29) is 30.9 Å². The van der Waals surface area contributed by atoms with Gasteiger partial charge in [0.15, 0.2) is 12.4 Å². The molecule has 0 unspecified atom stereocenters. The van der Waals surface area contributed by atoms with Gasteiger partial charge in [-0.1, -0.05) is 6.92 Å². The van der Waals surface area contributed by atoms with E-state index in [2.05, 4.69) is 0 Å². The van der Waals surface area contributed by atoms with Gasteiger partial charge in [-0.15, -0.1) is 0 Å². The van der Waals surface area contributed by atoms with Crippen LogP contribution >= 0.6 is 0 Å². The molecule has 1 aliphatic heterocycles. The number of Topliss-reactive ketones (excluding diaryl/α,β-unsaturated/α-hetero) is 1. The third-order valence-electron chi connectivity index (χ3n) is 3.94. The van der Waals surface area contributed by atoms with Crippen molar-refractivity contribution in [3.63, 3.8) is 0 Å². The summed E-state index contributed by atoms with van der Waals surface area (Å²) in [5, 5.41) is 9.84. The fourth-order valence-corrected chi connectivity index (χ4v) is 2.59. The first-order valence-corrected chi connectivity index (χ1v) is 7.88. The van der Waals surface area contributed by atoms with Crippen LogP contribution in [0.25, 0.3) is 0 Å². The van der Waals surface area contributed by atoms with Crippen molar-refractivity contribution in [3.05, 3.63) is 29.8 Å². The number of benzene rings is 1. The molecule has 1 N–H and O–H groups in total. The molecular formula is C17H23NO5. The van der Waals surface area contributed by atoms with Crippen molar-refractivity contribution in [2.45, 2.75) is 32.4 Å². The normalized spacial score (nSPS) is 20.3. The van der Waals surface area contributed by atoms with Gasteiger partial charge in [-0.05, 0) is 31.2 Å². The van der Waals surface area contributed by atoms with Crippen molar-refractivity contribution in [1.82, 2.24) is 4.90 Å². The van der Waals surface area contributed by atoms with Crippen molar-refractivity contribution in [1.29, 1.82) is 0 Å². The molecule has 0 spiro atoms. The lowest BCUT2D eigenvalue weighted by atomic mass is 10.1. The summed E-state index contributed by atoms with van der Waals surface area (Å²) in [5.74, 6) is 0.404. The van der Waals surface area contributed by atoms with Crippen molar-refractivity contribution < 1.29 is 24.2 Å². The van der Waals surface area contributed by atoms with Gasteiger partial charge in [-0.2, -0.15) is 0 Å². The van der Waals surface area contributed by atoms with Crippen molar-refractivity contribution in [3.8, 4) is 5.75 Å². The van der Waals surface area contributed by atoms with E-state index in [1.807, 2.05) is 13.8 Å². The highest BCUT2D eigenvalue weighted by atomic mass is 16.5. The summed E-state index contributed by atoms with van der Waals surface area (Å²) in [6.07, 6.45) is -0.200. The molecule has 6 nitrogen and oxygen atoms in total. The molecule has 6 heteroatoms. The number of rotatable bonds is 7. The van der Waals surface area contributed by atoms with Crippen LogP contribution in [0.15, 0.2) is 24.3 Å². The summed E-state index contributed by atoms with van der Waals surface area (Å²) < 4.78 is 10.7. The minimum atomic E-state index is -0.654. The standard InChI is InChI=1S/C17H23NO5/c1-3-15(19)12-5-7-13(8-6-12)23-11-17(21)18(4-2)14-9-22-10-16(14)20/h5-8,14,16,20H,3-4,9-11H2,1-2H3/t14-,16-/m0/s1. The Morgan fingerprint density at radius 2 is 1.96 bits per heavy atom. The first-order chi connectivity index (χ1) is 11.1. The molecular weight excluding hydrogens is 298 g/mol. The molecule has 1 aromatic carbocycles. The van der Waals surface area contributed by atoms with Crippen LogP contribution in [-0.2, 0) is 9.53 Å². The minimum absolute atomic E-state index is 0.0694. The highest BCUT2D eigenvalue weighted by Crippen LogP contribution is 2.16. The number of ketones is 1. The smallest absolute Gasteiger partial charge is 0.260 e. The molecule has 1 heterocycles. The van der Waals surface area contributed by atoms with Gasteiger partial charge in [0.25, 0.3) is 5.91 Å². The van der Waals surface area contributed by atoms with E-state index in [4.69, 9.17) is 9.47 Å². The van der Waals surface area contributed by atoms with Crippen LogP contribution in [-0.4, -0.2) is 60.2 Å². The van der Waals surface area contributed by atoms with E-state index in [0.717, 1.165) is 0 Å². The zero-order chi connectivity index (χ0) is 16.8. The number of nitrogens with zero attached hydrogens (tertiary/aromatic N) is 1. The second-order valence-electron chi connectivity index (χ2n) is 5.44. The molecule has 23 heavy (non-hydrogen) atoms. The van der Waals surface area contributed by atoms with E-state index in [1.165, 1.54) is 0 Å². The molecule has 1 aliphatic rings. The lowest BCUT2D eigenvalue weighted by Gasteiger charge is -2.28. The molecule has 1 amide bonds. The third-order valence-corrected chi connectivity index (χ3v) is 3.94. The van der Waals surface area contributed by atoms with Gasteiger partial charge in [0, 0.05) is 18.5 Å². The molecule has 2 atom stereocenters. The van der Waals surface area contributed by atoms with Gasteiger partial charge < -0.3 is 19.5 Å². The predicted molar refractivity (Wildman–Crippen MR) is 84.6 cm³/mol. The lowest BCUT2D eigenvalue weighted by Crippen LogP contribution is -2.48. The Balaban J connectivity index is 1.91. The fraction of sp³-hybridized carbons (Fsp3) is 0.529. The molecule has 1 aromatic rings. The van der Waals surface area contributed by atoms with Crippen LogP contribution in [0.1, 0.15) is 30.6 Å². The summed E-state index contributed by atoms with van der Waals surface area (Å²) in [4.78, 5) is 25.4. The maximum absolute atomic E-state index is 12.3. The summed E-state index contributed by atoms with van der Waals surface area (Å²) in [7, 11) is 0. The molecule has 0 radical (unpaired) electrons. The highest BCUT2D eigenvalue weighted by Gasteiger charge is 2.33. The van der Waals surface area contributed by atoms with Crippen LogP contribution in [0.2, 0.25) is 0 Å². The number of amides is 1. The average Bonchev–Trinajstić information content (AvgIpc) is 2.99. The molecule has 2 rings (SSSR count). The van der Waals surface area contributed by atoms with Crippen molar-refractivity contribution in [2.24, 2.45) is 0 Å². The number of carbonyl (C=O) groups excluding carboxylic acids is 2. The Bertz CT molecular complexity index is 542. The summed E-state index contributed by atoms with van der Waals surface area (Å²) >= 11 is 0. The van der Waals surface area contributed by atoms with Gasteiger partial charge in [0.1, 0.15) is 5.75 Å². The van der Waals surface area contributed by atoms with Crippen LogP contribution in [0.5, 0.6) is 5.75 Å². The molecule has 126 valence electrons. The minimum Gasteiger partial charge on any atom is -0.484 e. The Labute approximate surface area is 136 Å². The number of aliphatic hydroxyl groups excluding tert-OH is 1. The van der Waals surface area contributed by atoms with E-state index < -0.39 is 6.10 Å². The van der Waals surface area contributed by atoms with E-state index in [9.17, 15) is 14.7 Å². The Hall–Kier alpha value is -1.92. The fourth-order valence-electron chi connectivity index (χ4n) is 2.59. The van der Waals surface area contributed by atoms with Crippen LogP contribution in [0.3, 0.4) is 0 Å². The third kappa shape index (κ3) is 4.30. The number of aliphatic hydroxyl groups is 1. The van der Waals surface area contributed by atoms with Gasteiger partial charge >= 0.3 is 0 Å². The maximum Gasteiger partial charge on any atom is 0.260 e. The summed E-state index contributed by atoms with van der Waals surface area (Å²) in [6.45, 7) is 4.63. The first kappa shape index (κ1) is 17.4. The maximum atomic E-state index is 12.3. The van der Waals surface area contributed by atoms with Crippen LogP contribution < -0.4 is 4.74 Å². The predicted octanol–water partition coefficient (Wildman–Crippen LogP) is 1.27. The number of hydrogen-bond acceptors (Lipinski definition) is 5. The molecule has 0 aromatic heterocycles. The van der Waals surface area contributed by atoms with Gasteiger partial charge in [-0.25, -0.2) is 0 Å². The molecule has 1 fully saturated rings. The van der Waals surface area contributed by atoms with E-state index in [1.54, 1.807) is 29.2 Å². The quantitative estimate of drug-likeness (QED) is 0.765. The zero-order valence-electron chi connectivity index (χ0n) is 13.5. The topological polar surface area (TPSA) is 76.1 Å². The number of likely N-dealkylation sites (N-methyl/N-ethyl adjacent to an activating group) is 1. The van der Waals surface area contributed by atoms with Crippen molar-refractivity contribution >= 4 is 11.7 Å². The van der Waals surface area contributed by atoms with Gasteiger partial charge in [0.05, 0.1) is 25.4 Å². The number of hydrogen-bond donors (Lipinski definition) is 1. The molecule has 0 aliphatic carbocycles. The SMILES string of the molecule is CCC(=O)c1ccc(OCC(=O)N(CC)[C@H]2COC[C@@H]2O)cc1. The monoisotopic (exact) mass is 321 g/mol. The average molecular weight is 321 g/mol. The Morgan fingerprint density at radius 1 is 1.26 bits per heavy atom. The second kappa shape index (κ2) is 8.08. The molecule has 0 bridgehead atoms. The van der Waals surface area contributed by atoms with Gasteiger partial charge in [-0.3, -0.25) is 9.59 Å². The molecule has 0 saturated carbocycles. The number of ether oxygens (including phenoxy) is 2. The van der Waals surface area contributed by atoms with Crippen LogP contribution in [0, 0.1) is 0 Å². The van der Waals surface area contributed by atoms with E-state index in [0.29, 0.717) is 30.9 Å². The number of carbonyl (C=O) groups is 2.